The van der Waals surface area contributed by atoms with E-state index in [-0.39, 0.29) is 31.5 Å². The molecule has 0 radical (unpaired) electrons. The third kappa shape index (κ3) is 5.44. The summed E-state index contributed by atoms with van der Waals surface area (Å²) in [5, 5.41) is 2.65. The molecule has 9 nitrogen and oxygen atoms in total. The summed E-state index contributed by atoms with van der Waals surface area (Å²) < 4.78 is 58.7. The number of urea groups is 1. The van der Waals surface area contributed by atoms with Crippen molar-refractivity contribution >= 4 is 35.2 Å². The third-order valence-corrected chi connectivity index (χ3v) is 7.60. The van der Waals surface area contributed by atoms with Gasteiger partial charge in [-0.2, -0.15) is 13.2 Å². The topological polar surface area (TPSA) is 99.3 Å². The van der Waals surface area contributed by atoms with Crippen molar-refractivity contribution in [2.75, 3.05) is 37.5 Å². The van der Waals surface area contributed by atoms with Crippen molar-refractivity contribution in [1.29, 1.82) is 0 Å². The molecule has 41 heavy (non-hydrogen) atoms. The van der Waals surface area contributed by atoms with E-state index in [0.717, 1.165) is 4.90 Å². The monoisotopic (exact) mass is 578 g/mol. The lowest BCUT2D eigenvalue weighted by molar-refractivity contribution is -0.138. The van der Waals surface area contributed by atoms with Crippen LogP contribution in [0.15, 0.2) is 42.5 Å². The molecule has 2 aliphatic rings. The first-order valence-electron chi connectivity index (χ1n) is 12.9. The van der Waals surface area contributed by atoms with Gasteiger partial charge in [-0.1, -0.05) is 13.8 Å². The average Bonchev–Trinajstić information content (AvgIpc) is 3.11. The number of ether oxygens (including phenoxy) is 1. The van der Waals surface area contributed by atoms with Gasteiger partial charge in [0.1, 0.15) is 17.4 Å². The molecule has 2 saturated heterocycles. The number of halogens is 4. The molecule has 4 rings (SSSR count). The predicted molar refractivity (Wildman–Crippen MR) is 141 cm³/mol. The molecule has 220 valence electrons. The SMILES string of the molecule is COC(=O)c1ccc(N2C(=O)N(C)C(=O)C23CCN(C(=O)[C@H](Nc2cc(C(F)(F)F)ccc2F)C(C)C)CC3)cc1. The van der Waals surface area contributed by atoms with Gasteiger partial charge < -0.3 is 15.0 Å². The van der Waals surface area contributed by atoms with Crippen LogP contribution in [0.2, 0.25) is 0 Å². The van der Waals surface area contributed by atoms with Crippen molar-refractivity contribution in [3.63, 3.8) is 0 Å². The molecule has 2 aromatic rings. The van der Waals surface area contributed by atoms with Crippen LogP contribution in [-0.4, -0.2) is 72.4 Å². The Kier molecular flexibility index (Phi) is 8.01. The number of likely N-dealkylation sites (N-methyl/N-ethyl adjacent to an activating group) is 1. The van der Waals surface area contributed by atoms with Gasteiger partial charge >= 0.3 is 18.2 Å². The van der Waals surface area contributed by atoms with Crippen LogP contribution in [0.1, 0.15) is 42.6 Å². The first-order chi connectivity index (χ1) is 19.2. The minimum atomic E-state index is -4.69. The van der Waals surface area contributed by atoms with E-state index in [1.54, 1.807) is 13.8 Å². The highest BCUT2D eigenvalue weighted by Gasteiger charge is 2.58. The van der Waals surface area contributed by atoms with E-state index >= 15 is 0 Å². The summed E-state index contributed by atoms with van der Waals surface area (Å²) in [7, 11) is 2.61. The van der Waals surface area contributed by atoms with Crippen LogP contribution in [-0.2, 0) is 20.5 Å². The number of hydrogen-bond donors (Lipinski definition) is 1. The van der Waals surface area contributed by atoms with E-state index in [1.165, 1.54) is 48.2 Å². The average molecular weight is 579 g/mol. The second-order valence-corrected chi connectivity index (χ2v) is 10.4. The van der Waals surface area contributed by atoms with Gasteiger partial charge in [0.15, 0.2) is 0 Å². The van der Waals surface area contributed by atoms with Gasteiger partial charge in [0, 0.05) is 25.8 Å². The number of hydrogen-bond acceptors (Lipinski definition) is 6. The van der Waals surface area contributed by atoms with Gasteiger partial charge in [-0.3, -0.25) is 19.4 Å². The second-order valence-electron chi connectivity index (χ2n) is 10.4. The minimum Gasteiger partial charge on any atom is -0.465 e. The van der Waals surface area contributed by atoms with Crippen LogP contribution < -0.4 is 10.2 Å². The van der Waals surface area contributed by atoms with Crippen LogP contribution in [0.25, 0.3) is 0 Å². The maximum Gasteiger partial charge on any atom is 0.416 e. The Morgan fingerprint density at radius 3 is 2.17 bits per heavy atom. The molecular formula is C28H30F4N4O5. The van der Waals surface area contributed by atoms with Crippen LogP contribution in [0.5, 0.6) is 0 Å². The molecule has 0 bridgehead atoms. The largest absolute Gasteiger partial charge is 0.465 e. The number of carbonyl (C=O) groups is 4. The fraction of sp³-hybridized carbons (Fsp3) is 0.429. The molecule has 2 fully saturated rings. The van der Waals surface area contributed by atoms with E-state index < -0.39 is 64.6 Å². The number of rotatable bonds is 6. The number of piperidine rings is 1. The van der Waals surface area contributed by atoms with E-state index in [9.17, 15) is 36.7 Å². The maximum absolute atomic E-state index is 14.4. The summed E-state index contributed by atoms with van der Waals surface area (Å²) in [5.41, 5.74) is -2.11. The molecule has 13 heteroatoms. The normalized spacial score (nSPS) is 17.8. The fourth-order valence-corrected chi connectivity index (χ4v) is 5.27. The van der Waals surface area contributed by atoms with Crippen molar-refractivity contribution in [3.05, 3.63) is 59.4 Å². The van der Waals surface area contributed by atoms with E-state index in [2.05, 4.69) is 5.32 Å². The number of methoxy groups -OCH3 is 1. The van der Waals surface area contributed by atoms with Gasteiger partial charge in [0.05, 0.1) is 23.9 Å². The lowest BCUT2D eigenvalue weighted by atomic mass is 9.85. The molecule has 2 aliphatic heterocycles. The predicted octanol–water partition coefficient (Wildman–Crippen LogP) is 4.53. The first-order valence-corrected chi connectivity index (χ1v) is 12.9. The molecule has 0 aromatic heterocycles. The third-order valence-electron chi connectivity index (χ3n) is 7.60. The summed E-state index contributed by atoms with van der Waals surface area (Å²) in [4.78, 5) is 55.7. The molecular weight excluding hydrogens is 548 g/mol. The highest BCUT2D eigenvalue weighted by Crippen LogP contribution is 2.40. The lowest BCUT2D eigenvalue weighted by Gasteiger charge is -2.43. The van der Waals surface area contributed by atoms with Gasteiger partial charge in [-0.25, -0.2) is 14.0 Å². The van der Waals surface area contributed by atoms with Gasteiger partial charge in [-0.05, 0) is 61.2 Å². The van der Waals surface area contributed by atoms with Crippen LogP contribution in [0.3, 0.4) is 0 Å². The Labute approximate surface area is 234 Å². The molecule has 2 aromatic carbocycles. The van der Waals surface area contributed by atoms with Crippen LogP contribution in [0.4, 0.5) is 33.7 Å². The van der Waals surface area contributed by atoms with Crippen LogP contribution in [0, 0.1) is 11.7 Å². The molecule has 4 amide bonds. The Balaban J connectivity index is 1.55. The number of anilines is 2. The zero-order valence-corrected chi connectivity index (χ0v) is 22.9. The minimum absolute atomic E-state index is 0.0679. The number of alkyl halides is 3. The number of likely N-dealkylation sites (tertiary alicyclic amines) is 1. The number of imide groups is 1. The number of nitrogens with zero attached hydrogens (tertiary/aromatic N) is 3. The number of nitrogens with one attached hydrogen (secondary N) is 1. The number of carbonyl (C=O) groups excluding carboxylic acids is 4. The summed E-state index contributed by atoms with van der Waals surface area (Å²) in [6, 6.07) is 6.40. The summed E-state index contributed by atoms with van der Waals surface area (Å²) in [5.74, 6) is -2.81. The van der Waals surface area contributed by atoms with Crippen molar-refractivity contribution < 1.29 is 41.5 Å². The van der Waals surface area contributed by atoms with Crippen molar-refractivity contribution in [1.82, 2.24) is 9.80 Å². The smallest absolute Gasteiger partial charge is 0.416 e. The van der Waals surface area contributed by atoms with Gasteiger partial charge in [-0.15, -0.1) is 0 Å². The zero-order chi connectivity index (χ0) is 30.3. The number of amides is 4. The van der Waals surface area contributed by atoms with Gasteiger partial charge in [0.25, 0.3) is 5.91 Å². The van der Waals surface area contributed by atoms with Crippen LogP contribution >= 0.6 is 0 Å². The standard InChI is InChI=1S/C28H30F4N4O5/c1-16(2)22(33-21-15-18(28(30,31)32)7-10-20(21)29)23(37)35-13-11-27(12-14-35)25(39)34(3)26(40)36(27)19-8-5-17(6-9-19)24(38)41-4/h5-10,15-16,22,33H,11-14H2,1-4H3/t22-/m1/s1. The fourth-order valence-electron chi connectivity index (χ4n) is 5.27. The zero-order valence-electron chi connectivity index (χ0n) is 22.9. The highest BCUT2D eigenvalue weighted by atomic mass is 19.4. The number of benzene rings is 2. The Hall–Kier alpha value is -4.16. The lowest BCUT2D eigenvalue weighted by Crippen LogP contribution is -2.59. The molecule has 1 N–H and O–H groups in total. The molecule has 0 unspecified atom stereocenters. The number of esters is 1. The van der Waals surface area contributed by atoms with Crippen molar-refractivity contribution in [3.8, 4) is 0 Å². The van der Waals surface area contributed by atoms with Crippen molar-refractivity contribution in [2.24, 2.45) is 5.92 Å². The summed E-state index contributed by atoms with van der Waals surface area (Å²) in [6.45, 7) is 3.50. The Morgan fingerprint density at radius 2 is 1.63 bits per heavy atom. The van der Waals surface area contributed by atoms with Gasteiger partial charge in [0.2, 0.25) is 5.91 Å². The first kappa shape index (κ1) is 29.8. The summed E-state index contributed by atoms with van der Waals surface area (Å²) >= 11 is 0. The Morgan fingerprint density at radius 1 is 1.02 bits per heavy atom. The quantitative estimate of drug-likeness (QED) is 0.307. The molecule has 0 aliphatic carbocycles. The van der Waals surface area contributed by atoms with E-state index in [0.29, 0.717) is 23.9 Å². The highest BCUT2D eigenvalue weighted by molar-refractivity contribution is 6.16. The van der Waals surface area contributed by atoms with E-state index in [1.807, 2.05) is 0 Å². The van der Waals surface area contributed by atoms with E-state index in [4.69, 9.17) is 4.74 Å². The molecule has 1 spiro atoms. The second kappa shape index (κ2) is 11.0. The van der Waals surface area contributed by atoms with Crippen molar-refractivity contribution in [2.45, 2.75) is 44.4 Å². The summed E-state index contributed by atoms with van der Waals surface area (Å²) in [6.07, 6.45) is -4.50. The molecule has 1 atom stereocenters. The Bertz CT molecular complexity index is 1350. The maximum atomic E-state index is 14.4. The molecule has 2 heterocycles. The molecule has 0 saturated carbocycles.